The summed E-state index contributed by atoms with van der Waals surface area (Å²) in [5.41, 5.74) is 10.2. The van der Waals surface area contributed by atoms with Crippen LogP contribution in [0.15, 0.2) is 66.7 Å². The van der Waals surface area contributed by atoms with Crippen LogP contribution in [0.2, 0.25) is 0 Å². The molecule has 25 heavy (non-hydrogen) atoms. The SMILES string of the molecule is Cc1ccccc1CCc1cccc(C)c1CCc1ccccc1C. The second-order valence-electron chi connectivity index (χ2n) is 7.07. The highest BCUT2D eigenvalue weighted by Gasteiger charge is 2.08. The molecule has 3 aromatic rings. The molecule has 128 valence electrons. The van der Waals surface area contributed by atoms with E-state index >= 15 is 0 Å². The van der Waals surface area contributed by atoms with E-state index in [1.165, 1.54) is 33.4 Å². The Morgan fingerprint density at radius 1 is 0.440 bits per heavy atom. The summed E-state index contributed by atoms with van der Waals surface area (Å²) in [6.07, 6.45) is 4.48. The van der Waals surface area contributed by atoms with E-state index in [-0.39, 0.29) is 0 Å². The minimum atomic E-state index is 1.12. The van der Waals surface area contributed by atoms with Crippen molar-refractivity contribution >= 4 is 0 Å². The largest absolute Gasteiger partial charge is 0.0620 e. The van der Waals surface area contributed by atoms with Crippen molar-refractivity contribution in [1.82, 2.24) is 0 Å². The average molecular weight is 328 g/mol. The molecule has 0 aliphatic heterocycles. The maximum Gasteiger partial charge on any atom is -0.0233 e. The Balaban J connectivity index is 1.75. The van der Waals surface area contributed by atoms with E-state index < -0.39 is 0 Å². The zero-order valence-electron chi connectivity index (χ0n) is 15.7. The van der Waals surface area contributed by atoms with Crippen LogP contribution in [0.4, 0.5) is 0 Å². The first-order chi connectivity index (χ1) is 12.1. The summed E-state index contributed by atoms with van der Waals surface area (Å²) in [5, 5.41) is 0. The second-order valence-corrected chi connectivity index (χ2v) is 7.07. The summed E-state index contributed by atoms with van der Waals surface area (Å²) < 4.78 is 0. The van der Waals surface area contributed by atoms with Crippen molar-refractivity contribution in [2.24, 2.45) is 0 Å². The van der Waals surface area contributed by atoms with E-state index in [9.17, 15) is 0 Å². The van der Waals surface area contributed by atoms with Gasteiger partial charge < -0.3 is 0 Å². The molecule has 0 aliphatic carbocycles. The van der Waals surface area contributed by atoms with Crippen LogP contribution in [0.3, 0.4) is 0 Å². The predicted molar refractivity (Wildman–Crippen MR) is 108 cm³/mol. The van der Waals surface area contributed by atoms with Gasteiger partial charge in [-0.15, -0.1) is 0 Å². The van der Waals surface area contributed by atoms with Crippen molar-refractivity contribution in [2.75, 3.05) is 0 Å². The molecule has 0 aromatic heterocycles. The number of hydrogen-bond acceptors (Lipinski definition) is 0. The van der Waals surface area contributed by atoms with Gasteiger partial charge in [0.05, 0.1) is 0 Å². The van der Waals surface area contributed by atoms with Gasteiger partial charge in [0.25, 0.3) is 0 Å². The lowest BCUT2D eigenvalue weighted by Gasteiger charge is -2.14. The van der Waals surface area contributed by atoms with Gasteiger partial charge in [-0.3, -0.25) is 0 Å². The molecule has 0 unspecified atom stereocenters. The average Bonchev–Trinajstić information content (AvgIpc) is 2.61. The first kappa shape index (κ1) is 17.5. The number of benzene rings is 3. The summed E-state index contributed by atoms with van der Waals surface area (Å²) >= 11 is 0. The second kappa shape index (κ2) is 8.16. The number of aryl methyl sites for hydroxylation is 6. The molecule has 0 saturated heterocycles. The van der Waals surface area contributed by atoms with Gasteiger partial charge in [-0.1, -0.05) is 66.7 Å². The van der Waals surface area contributed by atoms with Crippen molar-refractivity contribution in [2.45, 2.75) is 46.5 Å². The summed E-state index contributed by atoms with van der Waals surface area (Å²) in [7, 11) is 0. The molecular formula is C25H28. The predicted octanol–water partition coefficient (Wildman–Crippen LogP) is 6.18. The molecule has 0 bridgehead atoms. The fourth-order valence-corrected chi connectivity index (χ4v) is 3.67. The van der Waals surface area contributed by atoms with Crippen molar-refractivity contribution in [3.63, 3.8) is 0 Å². The van der Waals surface area contributed by atoms with Gasteiger partial charge in [0.15, 0.2) is 0 Å². The van der Waals surface area contributed by atoms with Crippen LogP contribution in [0.5, 0.6) is 0 Å². The van der Waals surface area contributed by atoms with Gasteiger partial charge in [-0.25, -0.2) is 0 Å². The molecule has 3 aromatic carbocycles. The highest BCUT2D eigenvalue weighted by Crippen LogP contribution is 2.21. The van der Waals surface area contributed by atoms with Crippen LogP contribution < -0.4 is 0 Å². The Morgan fingerprint density at radius 2 is 0.880 bits per heavy atom. The normalized spacial score (nSPS) is 10.8. The Hall–Kier alpha value is -2.34. The lowest BCUT2D eigenvalue weighted by Crippen LogP contribution is -2.03. The fourth-order valence-electron chi connectivity index (χ4n) is 3.67. The summed E-state index contributed by atoms with van der Waals surface area (Å²) in [4.78, 5) is 0. The van der Waals surface area contributed by atoms with Crippen molar-refractivity contribution in [3.8, 4) is 0 Å². The summed E-state index contributed by atoms with van der Waals surface area (Å²) in [5.74, 6) is 0. The van der Waals surface area contributed by atoms with Gasteiger partial charge >= 0.3 is 0 Å². The van der Waals surface area contributed by atoms with E-state index in [2.05, 4.69) is 87.5 Å². The van der Waals surface area contributed by atoms with Crippen molar-refractivity contribution in [3.05, 3.63) is 106 Å². The maximum atomic E-state index is 2.32. The molecule has 0 fully saturated rings. The van der Waals surface area contributed by atoms with Crippen LogP contribution in [-0.2, 0) is 25.7 Å². The molecule has 0 heterocycles. The smallest absolute Gasteiger partial charge is 0.0233 e. The minimum absolute atomic E-state index is 1.12. The van der Waals surface area contributed by atoms with Crippen LogP contribution >= 0.6 is 0 Å². The molecule has 0 saturated carbocycles. The van der Waals surface area contributed by atoms with Gasteiger partial charge in [0, 0.05) is 0 Å². The Kier molecular flexibility index (Phi) is 5.71. The third-order valence-electron chi connectivity index (χ3n) is 5.34. The van der Waals surface area contributed by atoms with Crippen molar-refractivity contribution < 1.29 is 0 Å². The Bertz CT molecular complexity index is 842. The molecule has 0 nitrogen and oxygen atoms in total. The quantitative estimate of drug-likeness (QED) is 0.506. The van der Waals surface area contributed by atoms with Crippen LogP contribution in [0, 0.1) is 20.8 Å². The first-order valence-electron chi connectivity index (χ1n) is 9.31. The molecule has 0 amide bonds. The molecule has 0 radical (unpaired) electrons. The van der Waals surface area contributed by atoms with E-state index in [0.29, 0.717) is 0 Å². The zero-order chi connectivity index (χ0) is 17.6. The molecule has 0 N–H and O–H groups in total. The highest BCUT2D eigenvalue weighted by molar-refractivity contribution is 5.37. The molecular weight excluding hydrogens is 300 g/mol. The Labute approximate surface area is 152 Å². The lowest BCUT2D eigenvalue weighted by molar-refractivity contribution is 0.878. The Morgan fingerprint density at radius 3 is 1.48 bits per heavy atom. The summed E-state index contributed by atoms with van der Waals surface area (Å²) in [6, 6.07) is 24.3. The fraction of sp³-hybridized carbons (Fsp3) is 0.280. The van der Waals surface area contributed by atoms with Crippen molar-refractivity contribution in [1.29, 1.82) is 0 Å². The molecule has 0 aliphatic rings. The van der Waals surface area contributed by atoms with E-state index in [1.807, 2.05) is 0 Å². The van der Waals surface area contributed by atoms with E-state index in [0.717, 1.165) is 25.7 Å². The van der Waals surface area contributed by atoms with Crippen LogP contribution in [0.25, 0.3) is 0 Å². The topological polar surface area (TPSA) is 0 Å². The van der Waals surface area contributed by atoms with Gasteiger partial charge in [0.1, 0.15) is 0 Å². The first-order valence-corrected chi connectivity index (χ1v) is 9.31. The highest BCUT2D eigenvalue weighted by atomic mass is 14.1. The molecule has 3 rings (SSSR count). The molecule has 0 heteroatoms. The van der Waals surface area contributed by atoms with Gasteiger partial charge in [-0.2, -0.15) is 0 Å². The minimum Gasteiger partial charge on any atom is -0.0620 e. The lowest BCUT2D eigenvalue weighted by atomic mass is 9.91. The summed E-state index contributed by atoms with van der Waals surface area (Å²) in [6.45, 7) is 6.68. The number of rotatable bonds is 6. The van der Waals surface area contributed by atoms with Gasteiger partial charge in [-0.05, 0) is 85.4 Å². The third-order valence-corrected chi connectivity index (χ3v) is 5.34. The van der Waals surface area contributed by atoms with E-state index in [1.54, 1.807) is 5.56 Å². The maximum absolute atomic E-state index is 2.32. The monoisotopic (exact) mass is 328 g/mol. The van der Waals surface area contributed by atoms with E-state index in [4.69, 9.17) is 0 Å². The van der Waals surface area contributed by atoms with Crippen LogP contribution in [-0.4, -0.2) is 0 Å². The third kappa shape index (κ3) is 4.39. The number of hydrogen-bond donors (Lipinski definition) is 0. The van der Waals surface area contributed by atoms with Crippen LogP contribution in [0.1, 0.15) is 38.9 Å². The molecule has 0 spiro atoms. The standard InChI is InChI=1S/C25H28/c1-19-9-4-6-12-22(19)15-16-24-14-8-11-21(3)25(24)18-17-23-13-7-5-10-20(23)2/h4-14H,15-18H2,1-3H3. The molecule has 0 atom stereocenters. The van der Waals surface area contributed by atoms with Gasteiger partial charge in [0.2, 0.25) is 0 Å². The zero-order valence-corrected chi connectivity index (χ0v) is 15.7.